The number of halogens is 4. The van der Waals surface area contributed by atoms with Crippen molar-refractivity contribution < 1.29 is 23.9 Å². The molecule has 2 saturated carbocycles. The van der Waals surface area contributed by atoms with Crippen molar-refractivity contribution in [3.8, 4) is 0 Å². The first kappa shape index (κ1) is 22.2. The van der Waals surface area contributed by atoms with Crippen LogP contribution in [0.3, 0.4) is 0 Å². The predicted molar refractivity (Wildman–Crippen MR) is 119 cm³/mol. The molecule has 11 heteroatoms. The van der Waals surface area contributed by atoms with Crippen LogP contribution in [0, 0.1) is 23.7 Å². The third kappa shape index (κ3) is 3.84. The van der Waals surface area contributed by atoms with Crippen LogP contribution < -0.4 is 5.32 Å². The summed E-state index contributed by atoms with van der Waals surface area (Å²) in [5.74, 6) is -2.69. The second-order valence-electron chi connectivity index (χ2n) is 7.60. The van der Waals surface area contributed by atoms with Gasteiger partial charge < -0.3 is 10.1 Å². The van der Waals surface area contributed by atoms with Crippen molar-refractivity contribution >= 4 is 88.8 Å². The summed E-state index contributed by atoms with van der Waals surface area (Å²) in [7, 11) is 0. The maximum Gasteiger partial charge on any atom is 0.326 e. The lowest BCUT2D eigenvalue weighted by molar-refractivity contribution is -0.154. The molecule has 4 rings (SSSR count). The number of amides is 3. The molecule has 0 radical (unpaired) electrons. The van der Waals surface area contributed by atoms with Gasteiger partial charge in [-0.2, -0.15) is 0 Å². The first-order valence-corrected chi connectivity index (χ1v) is 12.2. The Morgan fingerprint density at radius 3 is 2.30 bits per heavy atom. The molecule has 1 aromatic carbocycles. The lowest BCUT2D eigenvalue weighted by Gasteiger charge is -2.28. The highest BCUT2D eigenvalue weighted by Crippen LogP contribution is 2.60. The van der Waals surface area contributed by atoms with E-state index in [1.165, 1.54) is 0 Å². The Morgan fingerprint density at radius 1 is 1.13 bits per heavy atom. The second-order valence-corrected chi connectivity index (χ2v) is 11.0. The number of carbonyl (C=O) groups is 4. The minimum absolute atomic E-state index is 0.0725. The molecule has 6 atom stereocenters. The zero-order valence-electron chi connectivity index (χ0n) is 15.3. The molecule has 3 amide bonds. The van der Waals surface area contributed by atoms with Crippen molar-refractivity contribution in [3.05, 3.63) is 27.7 Å². The summed E-state index contributed by atoms with van der Waals surface area (Å²) in [6.45, 7) is -1.04. The molecule has 0 unspecified atom stereocenters. The molecular weight excluding hydrogens is 611 g/mol. The molecule has 1 N–H and O–H groups in total. The molecular formula is C19H16Br3ClN2O5. The van der Waals surface area contributed by atoms with Crippen LogP contribution in [-0.4, -0.2) is 51.4 Å². The number of carbonyl (C=O) groups excluding carboxylic acids is 4. The Morgan fingerprint density at radius 2 is 1.73 bits per heavy atom. The lowest BCUT2D eigenvalue weighted by atomic mass is 9.81. The van der Waals surface area contributed by atoms with E-state index in [0.717, 1.165) is 15.8 Å². The number of hydrogen-bond donors (Lipinski definition) is 1. The Balaban J connectivity index is 1.32. The van der Waals surface area contributed by atoms with Crippen LogP contribution in [0.15, 0.2) is 22.7 Å². The molecule has 1 aromatic rings. The highest BCUT2D eigenvalue weighted by molar-refractivity contribution is 9.12. The molecule has 3 aliphatic rings. The standard InChI is InChI=1S/C19H16Br3ClN2O5/c20-7-1-2-11(10(23)3-7)24-12(26)6-30-13(27)5-25-18(28)14-8-4-9(15(14)19(25)29)17(22)16(8)21/h1-3,8-9,14-17H,4-6H2,(H,24,26)/t8-,9-,14-,15+,16+,17+/m1/s1. The summed E-state index contributed by atoms with van der Waals surface area (Å²) in [6.07, 6.45) is 0.815. The van der Waals surface area contributed by atoms with Crippen molar-refractivity contribution in [2.24, 2.45) is 23.7 Å². The van der Waals surface area contributed by atoms with Gasteiger partial charge in [0.15, 0.2) is 6.61 Å². The minimum atomic E-state index is -0.813. The van der Waals surface area contributed by atoms with Gasteiger partial charge in [-0.3, -0.25) is 24.1 Å². The Hall–Kier alpha value is -0.970. The van der Waals surface area contributed by atoms with Crippen LogP contribution in [0.1, 0.15) is 6.42 Å². The number of esters is 1. The van der Waals surface area contributed by atoms with Gasteiger partial charge in [-0.15, -0.1) is 0 Å². The van der Waals surface area contributed by atoms with Gasteiger partial charge >= 0.3 is 5.97 Å². The van der Waals surface area contributed by atoms with E-state index in [0.29, 0.717) is 10.7 Å². The first-order valence-electron chi connectivity index (χ1n) is 9.23. The van der Waals surface area contributed by atoms with E-state index in [1.54, 1.807) is 18.2 Å². The Labute approximate surface area is 202 Å². The fourth-order valence-corrected chi connectivity index (χ4v) is 7.26. The smallest absolute Gasteiger partial charge is 0.326 e. The minimum Gasteiger partial charge on any atom is -0.454 e. The Kier molecular flexibility index (Phi) is 6.31. The number of benzene rings is 1. The largest absolute Gasteiger partial charge is 0.454 e. The number of nitrogens with one attached hydrogen (secondary N) is 1. The molecule has 0 aromatic heterocycles. The highest BCUT2D eigenvalue weighted by atomic mass is 79.9. The molecule has 1 heterocycles. The number of fused-ring (bicyclic) bond motifs is 5. The average molecular weight is 628 g/mol. The van der Waals surface area contributed by atoms with Crippen molar-refractivity contribution in [1.29, 1.82) is 0 Å². The molecule has 1 aliphatic heterocycles. The molecule has 0 spiro atoms. The number of ether oxygens (including phenoxy) is 1. The fraction of sp³-hybridized carbons (Fsp3) is 0.474. The van der Waals surface area contributed by atoms with E-state index in [-0.39, 0.29) is 33.3 Å². The van der Waals surface area contributed by atoms with Crippen LogP contribution >= 0.6 is 59.4 Å². The fourth-order valence-electron chi connectivity index (χ4n) is 4.66. The molecule has 2 bridgehead atoms. The van der Waals surface area contributed by atoms with Crippen molar-refractivity contribution in [3.63, 3.8) is 0 Å². The van der Waals surface area contributed by atoms with Crippen LogP contribution in [-0.2, 0) is 23.9 Å². The highest BCUT2D eigenvalue weighted by Gasteiger charge is 2.66. The summed E-state index contributed by atoms with van der Waals surface area (Å²) in [5, 5.41) is 2.87. The van der Waals surface area contributed by atoms with E-state index in [1.807, 2.05) is 0 Å². The van der Waals surface area contributed by atoms with E-state index >= 15 is 0 Å². The summed E-state index contributed by atoms with van der Waals surface area (Å²) in [6, 6.07) is 4.93. The van der Waals surface area contributed by atoms with E-state index in [9.17, 15) is 19.2 Å². The second kappa shape index (κ2) is 8.52. The molecule has 1 saturated heterocycles. The summed E-state index contributed by atoms with van der Waals surface area (Å²) in [5.41, 5.74) is 0.378. The Bertz CT molecular complexity index is 913. The SMILES string of the molecule is O=C(COC(=O)CN1C(=O)[C@@H]2[C@H]3C[C@@H]([C@H](Br)[C@H]3Br)[C@@H]2C1=O)Nc1ccc(Br)cc1Cl. The molecule has 160 valence electrons. The quantitative estimate of drug-likeness (QED) is 0.307. The van der Waals surface area contributed by atoms with Crippen molar-refractivity contribution in [2.75, 3.05) is 18.5 Å². The maximum atomic E-state index is 12.8. The van der Waals surface area contributed by atoms with E-state index < -0.39 is 36.9 Å². The third-order valence-electron chi connectivity index (χ3n) is 5.94. The van der Waals surface area contributed by atoms with Gasteiger partial charge in [0.05, 0.1) is 22.5 Å². The van der Waals surface area contributed by atoms with Gasteiger partial charge in [0.2, 0.25) is 11.8 Å². The molecule has 3 fully saturated rings. The summed E-state index contributed by atoms with van der Waals surface area (Å²) in [4.78, 5) is 51.0. The average Bonchev–Trinajstić information content (AvgIpc) is 3.29. The van der Waals surface area contributed by atoms with Crippen molar-refractivity contribution in [1.82, 2.24) is 4.90 Å². The van der Waals surface area contributed by atoms with Gasteiger partial charge in [0.1, 0.15) is 6.54 Å². The van der Waals surface area contributed by atoms with Crippen LogP contribution in [0.4, 0.5) is 5.69 Å². The maximum absolute atomic E-state index is 12.8. The normalized spacial score (nSPS) is 31.8. The topological polar surface area (TPSA) is 92.8 Å². The predicted octanol–water partition coefficient (Wildman–Crippen LogP) is 3.36. The third-order valence-corrected chi connectivity index (χ3v) is 9.95. The van der Waals surface area contributed by atoms with Crippen LogP contribution in [0.5, 0.6) is 0 Å². The number of hydrogen-bond acceptors (Lipinski definition) is 5. The summed E-state index contributed by atoms with van der Waals surface area (Å²) >= 11 is 16.5. The van der Waals surface area contributed by atoms with Gasteiger partial charge in [-0.25, -0.2) is 0 Å². The number of alkyl halides is 2. The summed E-state index contributed by atoms with van der Waals surface area (Å²) < 4.78 is 5.72. The number of likely N-dealkylation sites (tertiary alicyclic amines) is 1. The molecule has 2 aliphatic carbocycles. The van der Waals surface area contributed by atoms with Gasteiger partial charge in [0, 0.05) is 14.1 Å². The first-order chi connectivity index (χ1) is 14.2. The molecule has 7 nitrogen and oxygen atoms in total. The number of imide groups is 1. The number of nitrogens with zero attached hydrogens (tertiary/aromatic N) is 1. The van der Waals surface area contributed by atoms with Crippen LogP contribution in [0.2, 0.25) is 5.02 Å². The lowest BCUT2D eigenvalue weighted by Crippen LogP contribution is -2.38. The zero-order chi connectivity index (χ0) is 21.7. The van der Waals surface area contributed by atoms with Gasteiger partial charge in [-0.1, -0.05) is 59.4 Å². The van der Waals surface area contributed by atoms with E-state index in [2.05, 4.69) is 53.1 Å². The number of rotatable bonds is 5. The van der Waals surface area contributed by atoms with Gasteiger partial charge in [0.25, 0.3) is 5.91 Å². The number of anilines is 1. The van der Waals surface area contributed by atoms with Gasteiger partial charge in [-0.05, 0) is 36.5 Å². The zero-order valence-corrected chi connectivity index (χ0v) is 20.8. The van der Waals surface area contributed by atoms with E-state index in [4.69, 9.17) is 16.3 Å². The van der Waals surface area contributed by atoms with Crippen LogP contribution in [0.25, 0.3) is 0 Å². The monoisotopic (exact) mass is 624 g/mol. The molecule has 30 heavy (non-hydrogen) atoms. The van der Waals surface area contributed by atoms with Crippen molar-refractivity contribution in [2.45, 2.75) is 16.1 Å².